The third-order valence-electron chi connectivity index (χ3n) is 5.30. The maximum atomic E-state index is 14.0. The van der Waals surface area contributed by atoms with Gasteiger partial charge in [-0.1, -0.05) is 6.07 Å². The summed E-state index contributed by atoms with van der Waals surface area (Å²) in [6.07, 6.45) is 1.04. The first-order chi connectivity index (χ1) is 12.0. The van der Waals surface area contributed by atoms with Crippen molar-refractivity contribution in [3.63, 3.8) is 0 Å². The fourth-order valence-electron chi connectivity index (χ4n) is 4.07. The number of pyridine rings is 1. The largest absolute Gasteiger partial charge is 0.376 e. The highest BCUT2D eigenvalue weighted by molar-refractivity contribution is 5.95. The molecule has 0 radical (unpaired) electrons. The summed E-state index contributed by atoms with van der Waals surface area (Å²) >= 11 is 0. The van der Waals surface area contributed by atoms with Gasteiger partial charge in [-0.15, -0.1) is 0 Å². The number of fused-ring (bicyclic) bond motifs is 2. The lowest BCUT2D eigenvalue weighted by Crippen LogP contribution is -2.69. The van der Waals surface area contributed by atoms with Crippen LogP contribution in [-0.4, -0.2) is 54.7 Å². The van der Waals surface area contributed by atoms with Gasteiger partial charge in [-0.25, -0.2) is 4.39 Å². The van der Waals surface area contributed by atoms with Crippen LogP contribution in [0.5, 0.6) is 0 Å². The standard InChI is InChI=1S/C18H20FN3O3/c1-22(2)16-15(10-6-7-25-17(10)16)21-18(24)12-8-13(23)9-4-3-5-11(19)14(9)20-12/h3-5,8,10,15-17H,6-7H2,1-2H3,(H,20,23)(H,21,24)/t10-,15+,16-,17-/m1/s1. The number of para-hydroxylation sites is 1. The van der Waals surface area contributed by atoms with E-state index in [1.807, 2.05) is 19.0 Å². The highest BCUT2D eigenvalue weighted by atomic mass is 19.1. The van der Waals surface area contributed by atoms with E-state index < -0.39 is 11.7 Å². The quantitative estimate of drug-likeness (QED) is 0.874. The van der Waals surface area contributed by atoms with Crippen LogP contribution >= 0.6 is 0 Å². The molecular formula is C18H20FN3O3. The number of H-pyrrole nitrogens is 1. The molecule has 1 aliphatic carbocycles. The molecule has 4 rings (SSSR count). The van der Waals surface area contributed by atoms with Crippen molar-refractivity contribution in [3.8, 4) is 0 Å². The molecule has 1 aromatic heterocycles. The van der Waals surface area contributed by atoms with Gasteiger partial charge < -0.3 is 19.9 Å². The zero-order chi connectivity index (χ0) is 17.7. The first kappa shape index (κ1) is 16.2. The summed E-state index contributed by atoms with van der Waals surface area (Å²) < 4.78 is 19.7. The molecule has 1 amide bonds. The van der Waals surface area contributed by atoms with E-state index in [1.165, 1.54) is 24.3 Å². The van der Waals surface area contributed by atoms with Gasteiger partial charge in [0.15, 0.2) is 5.43 Å². The summed E-state index contributed by atoms with van der Waals surface area (Å²) in [6.45, 7) is 0.698. The molecule has 0 bridgehead atoms. The molecule has 0 unspecified atom stereocenters. The third kappa shape index (κ3) is 2.54. The average molecular weight is 345 g/mol. The number of hydrogen-bond acceptors (Lipinski definition) is 4. The molecule has 2 aromatic rings. The lowest BCUT2D eigenvalue weighted by atomic mass is 9.71. The maximum absolute atomic E-state index is 14.0. The average Bonchev–Trinajstić information content (AvgIpc) is 2.96. The minimum atomic E-state index is -0.552. The number of nitrogens with zero attached hydrogens (tertiary/aromatic N) is 1. The minimum Gasteiger partial charge on any atom is -0.376 e. The molecule has 2 aliphatic rings. The minimum absolute atomic E-state index is 0.0465. The van der Waals surface area contributed by atoms with Crippen molar-refractivity contribution < 1.29 is 13.9 Å². The van der Waals surface area contributed by atoms with E-state index in [-0.39, 0.29) is 46.1 Å². The van der Waals surface area contributed by atoms with Crippen LogP contribution in [0.25, 0.3) is 10.9 Å². The highest BCUT2D eigenvalue weighted by Gasteiger charge is 2.55. The van der Waals surface area contributed by atoms with Crippen LogP contribution in [0.4, 0.5) is 4.39 Å². The summed E-state index contributed by atoms with van der Waals surface area (Å²) in [5.74, 6) is -0.673. The Morgan fingerprint density at radius 2 is 2.20 bits per heavy atom. The summed E-state index contributed by atoms with van der Waals surface area (Å²) in [5.41, 5.74) is -0.249. The Balaban J connectivity index is 1.62. The number of likely N-dealkylation sites (N-methyl/N-ethyl adjacent to an activating group) is 1. The van der Waals surface area contributed by atoms with Gasteiger partial charge in [0.25, 0.3) is 5.91 Å². The van der Waals surface area contributed by atoms with E-state index in [9.17, 15) is 14.0 Å². The van der Waals surface area contributed by atoms with Crippen molar-refractivity contribution in [3.05, 3.63) is 46.0 Å². The molecule has 2 fully saturated rings. The van der Waals surface area contributed by atoms with Crippen molar-refractivity contribution >= 4 is 16.8 Å². The van der Waals surface area contributed by atoms with Crippen LogP contribution in [-0.2, 0) is 4.74 Å². The topological polar surface area (TPSA) is 74.4 Å². The number of carbonyl (C=O) groups is 1. The van der Waals surface area contributed by atoms with E-state index in [0.717, 1.165) is 6.42 Å². The second-order valence-corrected chi connectivity index (χ2v) is 6.95. The number of ether oxygens (including phenoxy) is 1. The Bertz CT molecular complexity index is 895. The number of benzene rings is 1. The van der Waals surface area contributed by atoms with E-state index in [4.69, 9.17) is 4.74 Å². The second-order valence-electron chi connectivity index (χ2n) is 6.95. The van der Waals surface area contributed by atoms with Crippen molar-refractivity contribution in [2.45, 2.75) is 24.6 Å². The van der Waals surface area contributed by atoms with Gasteiger partial charge in [0.05, 0.1) is 23.7 Å². The Morgan fingerprint density at radius 3 is 2.96 bits per heavy atom. The van der Waals surface area contributed by atoms with Gasteiger partial charge in [-0.2, -0.15) is 0 Å². The third-order valence-corrected chi connectivity index (χ3v) is 5.30. The molecule has 132 valence electrons. The summed E-state index contributed by atoms with van der Waals surface area (Å²) in [6, 6.07) is 5.54. The van der Waals surface area contributed by atoms with Crippen molar-refractivity contribution in [1.82, 2.24) is 15.2 Å². The van der Waals surface area contributed by atoms with Gasteiger partial charge in [0.2, 0.25) is 0 Å². The molecule has 1 aliphatic heterocycles. The fourth-order valence-corrected chi connectivity index (χ4v) is 4.07. The van der Waals surface area contributed by atoms with Gasteiger partial charge in [0.1, 0.15) is 11.5 Å². The van der Waals surface area contributed by atoms with E-state index in [0.29, 0.717) is 6.61 Å². The predicted molar refractivity (Wildman–Crippen MR) is 91.1 cm³/mol. The van der Waals surface area contributed by atoms with Crippen LogP contribution in [0.15, 0.2) is 29.1 Å². The number of nitrogens with one attached hydrogen (secondary N) is 2. The van der Waals surface area contributed by atoms with Crippen LogP contribution < -0.4 is 10.7 Å². The number of amides is 1. The van der Waals surface area contributed by atoms with Crippen LogP contribution in [0.1, 0.15) is 16.9 Å². The Kier molecular flexibility index (Phi) is 3.85. The zero-order valence-corrected chi connectivity index (χ0v) is 14.1. The number of aromatic nitrogens is 1. The van der Waals surface area contributed by atoms with Gasteiger partial charge >= 0.3 is 0 Å². The molecule has 7 heteroatoms. The molecular weight excluding hydrogens is 325 g/mol. The maximum Gasteiger partial charge on any atom is 0.268 e. The highest BCUT2D eigenvalue weighted by Crippen LogP contribution is 2.41. The summed E-state index contributed by atoms with van der Waals surface area (Å²) in [4.78, 5) is 29.6. The molecule has 6 nitrogen and oxygen atoms in total. The monoisotopic (exact) mass is 345 g/mol. The number of rotatable bonds is 3. The summed E-state index contributed by atoms with van der Waals surface area (Å²) in [5, 5.41) is 3.23. The molecule has 1 saturated carbocycles. The van der Waals surface area contributed by atoms with E-state index in [2.05, 4.69) is 10.3 Å². The molecule has 1 saturated heterocycles. The predicted octanol–water partition coefficient (Wildman–Crippen LogP) is 1.11. The Morgan fingerprint density at radius 1 is 1.40 bits per heavy atom. The summed E-state index contributed by atoms with van der Waals surface area (Å²) in [7, 11) is 3.91. The first-order valence-electron chi connectivity index (χ1n) is 8.38. The van der Waals surface area contributed by atoms with Gasteiger partial charge in [-0.05, 0) is 32.6 Å². The number of carbonyl (C=O) groups excluding carboxylic acids is 1. The lowest BCUT2D eigenvalue weighted by Gasteiger charge is -2.50. The number of aromatic amines is 1. The Labute approximate surface area is 144 Å². The second kappa shape index (κ2) is 5.93. The Hall–Kier alpha value is -2.25. The van der Waals surface area contributed by atoms with Crippen LogP contribution in [0, 0.1) is 11.7 Å². The lowest BCUT2D eigenvalue weighted by molar-refractivity contribution is -0.0664. The SMILES string of the molecule is CN(C)[C@@H]1[C@@H](NC(=O)c2cc(=O)c3cccc(F)c3[nH]2)[C@H]2CCO[C@H]21. The number of hydrogen-bond donors (Lipinski definition) is 2. The number of halogens is 1. The first-order valence-corrected chi connectivity index (χ1v) is 8.38. The van der Waals surface area contributed by atoms with Crippen molar-refractivity contribution in [2.24, 2.45) is 5.92 Å². The van der Waals surface area contributed by atoms with Gasteiger partial charge in [-0.3, -0.25) is 9.59 Å². The van der Waals surface area contributed by atoms with Gasteiger partial charge in [0, 0.05) is 24.0 Å². The normalized spacial score (nSPS) is 28.0. The van der Waals surface area contributed by atoms with E-state index in [1.54, 1.807) is 0 Å². The van der Waals surface area contributed by atoms with Crippen LogP contribution in [0.2, 0.25) is 0 Å². The van der Waals surface area contributed by atoms with E-state index >= 15 is 0 Å². The molecule has 4 atom stereocenters. The molecule has 1 aromatic carbocycles. The zero-order valence-electron chi connectivity index (χ0n) is 14.1. The molecule has 0 spiro atoms. The molecule has 2 heterocycles. The van der Waals surface area contributed by atoms with Crippen molar-refractivity contribution in [1.29, 1.82) is 0 Å². The smallest absolute Gasteiger partial charge is 0.268 e. The molecule has 2 N–H and O–H groups in total. The van der Waals surface area contributed by atoms with Crippen LogP contribution in [0.3, 0.4) is 0 Å². The van der Waals surface area contributed by atoms with Crippen molar-refractivity contribution in [2.75, 3.05) is 20.7 Å². The molecule has 25 heavy (non-hydrogen) atoms. The fraction of sp³-hybridized carbons (Fsp3) is 0.444.